The van der Waals surface area contributed by atoms with Crippen LogP contribution in [0.5, 0.6) is 5.75 Å². The minimum absolute atomic E-state index is 0.653. The molecule has 0 saturated heterocycles. The van der Waals surface area contributed by atoms with Crippen LogP contribution in [0.1, 0.15) is 11.1 Å². The van der Waals surface area contributed by atoms with Gasteiger partial charge in [0.25, 0.3) is 0 Å². The molecule has 0 radical (unpaired) electrons. The molecule has 0 amide bonds. The van der Waals surface area contributed by atoms with Gasteiger partial charge in [0.05, 0.1) is 13.7 Å². The van der Waals surface area contributed by atoms with E-state index in [4.69, 9.17) is 4.74 Å². The fraction of sp³-hybridized carbons (Fsp3) is 0.154. The topological polar surface area (TPSA) is 21.6 Å². The summed E-state index contributed by atoms with van der Waals surface area (Å²) in [5.74, 6) is 0.893. The Morgan fingerprint density at radius 1 is 1.31 bits per heavy atom. The normalized spacial score (nSPS) is 10.8. The number of ether oxygens (including phenoxy) is 1. The van der Waals surface area contributed by atoms with Crippen molar-refractivity contribution in [3.63, 3.8) is 0 Å². The van der Waals surface area contributed by atoms with E-state index in [-0.39, 0.29) is 0 Å². The van der Waals surface area contributed by atoms with E-state index in [1.807, 2.05) is 35.9 Å². The maximum atomic E-state index is 5.26. The van der Waals surface area contributed by atoms with Crippen molar-refractivity contribution in [2.45, 2.75) is 6.54 Å². The Bertz CT molecular complexity index is 463. The second-order valence-corrected chi connectivity index (χ2v) is 4.12. The van der Waals surface area contributed by atoms with Gasteiger partial charge < -0.3 is 4.74 Å². The molecule has 0 aliphatic rings. The first-order valence-corrected chi connectivity index (χ1v) is 5.98. The van der Waals surface area contributed by atoms with Gasteiger partial charge in [0, 0.05) is 17.3 Å². The van der Waals surface area contributed by atoms with Crippen molar-refractivity contribution in [1.29, 1.82) is 0 Å². The number of rotatable bonds is 4. The van der Waals surface area contributed by atoms with Gasteiger partial charge in [0.15, 0.2) is 0 Å². The number of para-hydroxylation sites is 1. The fourth-order valence-corrected chi connectivity index (χ4v) is 2.04. The second kappa shape index (κ2) is 5.47. The van der Waals surface area contributed by atoms with Gasteiger partial charge in [0.1, 0.15) is 5.75 Å². The van der Waals surface area contributed by atoms with Gasteiger partial charge in [-0.2, -0.15) is 11.3 Å². The molecule has 0 bridgehead atoms. The van der Waals surface area contributed by atoms with Gasteiger partial charge in [-0.05, 0) is 22.9 Å². The molecule has 0 aliphatic carbocycles. The summed E-state index contributed by atoms with van der Waals surface area (Å²) < 4.78 is 5.26. The average Bonchev–Trinajstić information content (AvgIpc) is 2.83. The van der Waals surface area contributed by atoms with Crippen LogP contribution in [0.2, 0.25) is 0 Å². The predicted molar refractivity (Wildman–Crippen MR) is 68.6 cm³/mol. The van der Waals surface area contributed by atoms with Crippen LogP contribution in [-0.2, 0) is 6.54 Å². The quantitative estimate of drug-likeness (QED) is 0.739. The van der Waals surface area contributed by atoms with Crippen molar-refractivity contribution in [3.8, 4) is 5.75 Å². The SMILES string of the molecule is COc1ccccc1CN=Cc1ccsc1. The summed E-state index contributed by atoms with van der Waals surface area (Å²) in [6.07, 6.45) is 1.89. The highest BCUT2D eigenvalue weighted by atomic mass is 32.1. The maximum Gasteiger partial charge on any atom is 0.123 e. The smallest absolute Gasteiger partial charge is 0.123 e. The van der Waals surface area contributed by atoms with Crippen LogP contribution in [0.25, 0.3) is 0 Å². The van der Waals surface area contributed by atoms with Crippen molar-refractivity contribution in [2.75, 3.05) is 7.11 Å². The third kappa shape index (κ3) is 2.70. The molecule has 2 aromatic rings. The number of methoxy groups -OCH3 is 1. The molecular weight excluding hydrogens is 218 g/mol. The molecule has 0 aliphatic heterocycles. The molecule has 1 aromatic heterocycles. The number of nitrogens with zero attached hydrogens (tertiary/aromatic N) is 1. The lowest BCUT2D eigenvalue weighted by atomic mass is 10.2. The number of aliphatic imine (C=N–C) groups is 1. The summed E-state index contributed by atoms with van der Waals surface area (Å²) in [5, 5.41) is 4.12. The molecule has 2 rings (SSSR count). The molecule has 0 spiro atoms. The molecule has 82 valence electrons. The molecule has 1 aromatic carbocycles. The van der Waals surface area contributed by atoms with Gasteiger partial charge in [-0.1, -0.05) is 18.2 Å². The van der Waals surface area contributed by atoms with Gasteiger partial charge in [-0.3, -0.25) is 4.99 Å². The average molecular weight is 231 g/mol. The Kier molecular flexibility index (Phi) is 3.72. The zero-order valence-corrected chi connectivity index (χ0v) is 9.91. The van der Waals surface area contributed by atoms with Crippen LogP contribution >= 0.6 is 11.3 Å². The maximum absolute atomic E-state index is 5.26. The number of benzene rings is 1. The van der Waals surface area contributed by atoms with Crippen LogP contribution in [0.3, 0.4) is 0 Å². The Morgan fingerprint density at radius 2 is 2.19 bits per heavy atom. The minimum Gasteiger partial charge on any atom is -0.496 e. The number of thiophene rings is 1. The summed E-state index contributed by atoms with van der Waals surface area (Å²) in [5.41, 5.74) is 2.26. The highest BCUT2D eigenvalue weighted by Gasteiger charge is 1.98. The van der Waals surface area contributed by atoms with E-state index < -0.39 is 0 Å². The van der Waals surface area contributed by atoms with Crippen molar-refractivity contribution in [2.24, 2.45) is 4.99 Å². The first kappa shape index (κ1) is 10.9. The zero-order valence-electron chi connectivity index (χ0n) is 9.09. The highest BCUT2D eigenvalue weighted by molar-refractivity contribution is 7.08. The van der Waals surface area contributed by atoms with Crippen molar-refractivity contribution in [1.82, 2.24) is 0 Å². The highest BCUT2D eigenvalue weighted by Crippen LogP contribution is 2.17. The van der Waals surface area contributed by atoms with Gasteiger partial charge in [-0.25, -0.2) is 0 Å². The van der Waals surface area contributed by atoms with Crippen LogP contribution in [-0.4, -0.2) is 13.3 Å². The fourth-order valence-electron chi connectivity index (χ4n) is 1.43. The molecule has 0 fully saturated rings. The molecule has 0 unspecified atom stereocenters. The minimum atomic E-state index is 0.653. The summed E-state index contributed by atoms with van der Waals surface area (Å²) in [6.45, 7) is 0.653. The second-order valence-electron chi connectivity index (χ2n) is 3.34. The molecule has 2 nitrogen and oxygen atoms in total. The first-order valence-electron chi connectivity index (χ1n) is 5.04. The molecular formula is C13H13NOS. The van der Waals surface area contributed by atoms with Gasteiger partial charge >= 0.3 is 0 Å². The Balaban J connectivity index is 2.04. The van der Waals surface area contributed by atoms with Crippen molar-refractivity contribution in [3.05, 3.63) is 52.2 Å². The molecule has 0 N–H and O–H groups in total. The lowest BCUT2D eigenvalue weighted by molar-refractivity contribution is 0.410. The monoisotopic (exact) mass is 231 g/mol. The number of hydrogen-bond donors (Lipinski definition) is 0. The standard InChI is InChI=1S/C13H13NOS/c1-15-13-5-3-2-4-12(13)9-14-8-11-6-7-16-10-11/h2-8,10H,9H2,1H3. The van der Waals surface area contributed by atoms with E-state index in [1.54, 1.807) is 18.4 Å². The molecule has 0 atom stereocenters. The molecule has 1 heterocycles. The summed E-state index contributed by atoms with van der Waals surface area (Å²) in [6, 6.07) is 10.00. The van der Waals surface area contributed by atoms with Crippen LogP contribution < -0.4 is 4.74 Å². The van der Waals surface area contributed by atoms with E-state index in [2.05, 4.69) is 16.4 Å². The van der Waals surface area contributed by atoms with Crippen LogP contribution in [0, 0.1) is 0 Å². The van der Waals surface area contributed by atoms with E-state index in [1.165, 1.54) is 0 Å². The Morgan fingerprint density at radius 3 is 2.94 bits per heavy atom. The molecule has 16 heavy (non-hydrogen) atoms. The van der Waals surface area contributed by atoms with Crippen molar-refractivity contribution >= 4 is 17.6 Å². The van der Waals surface area contributed by atoms with E-state index >= 15 is 0 Å². The van der Waals surface area contributed by atoms with E-state index in [0.29, 0.717) is 6.54 Å². The lowest BCUT2D eigenvalue weighted by Gasteiger charge is -2.04. The third-order valence-electron chi connectivity index (χ3n) is 2.24. The van der Waals surface area contributed by atoms with Crippen LogP contribution in [0.15, 0.2) is 46.1 Å². The number of hydrogen-bond acceptors (Lipinski definition) is 3. The van der Waals surface area contributed by atoms with Gasteiger partial charge in [0.2, 0.25) is 0 Å². The van der Waals surface area contributed by atoms with Crippen LogP contribution in [0.4, 0.5) is 0 Å². The lowest BCUT2D eigenvalue weighted by Crippen LogP contribution is -1.90. The van der Waals surface area contributed by atoms with E-state index in [9.17, 15) is 0 Å². The molecule has 3 heteroatoms. The Labute approximate surface area is 99.2 Å². The summed E-state index contributed by atoms with van der Waals surface area (Å²) in [7, 11) is 1.68. The molecule has 0 saturated carbocycles. The zero-order chi connectivity index (χ0) is 11.2. The van der Waals surface area contributed by atoms with E-state index in [0.717, 1.165) is 16.9 Å². The predicted octanol–water partition coefficient (Wildman–Crippen LogP) is 3.38. The summed E-state index contributed by atoms with van der Waals surface area (Å²) >= 11 is 1.68. The van der Waals surface area contributed by atoms with Gasteiger partial charge in [-0.15, -0.1) is 0 Å². The largest absolute Gasteiger partial charge is 0.496 e. The third-order valence-corrected chi connectivity index (χ3v) is 2.94. The first-order chi connectivity index (χ1) is 7.90. The van der Waals surface area contributed by atoms with Crippen molar-refractivity contribution < 1.29 is 4.74 Å². The summed E-state index contributed by atoms with van der Waals surface area (Å²) in [4.78, 5) is 4.39. The Hall–Kier alpha value is -1.61.